The first kappa shape index (κ1) is 16.1. The molecule has 0 fully saturated rings. The lowest BCUT2D eigenvalue weighted by Gasteiger charge is -2.16. The number of halogens is 2. The van der Waals surface area contributed by atoms with E-state index in [4.69, 9.17) is 32.7 Å². The highest BCUT2D eigenvalue weighted by atomic mass is 35.5. The van der Waals surface area contributed by atoms with Gasteiger partial charge in [0.2, 0.25) is 0 Å². The third-order valence-electron chi connectivity index (χ3n) is 3.55. The van der Waals surface area contributed by atoms with Crippen LogP contribution in [0.4, 0.5) is 0 Å². The molecule has 1 aliphatic heterocycles. The molecule has 120 valence electrons. The fourth-order valence-corrected chi connectivity index (χ4v) is 2.90. The minimum atomic E-state index is -1.41. The summed E-state index contributed by atoms with van der Waals surface area (Å²) < 4.78 is 11.3. The summed E-state index contributed by atoms with van der Waals surface area (Å²) in [6, 6.07) is 9.79. The summed E-state index contributed by atoms with van der Waals surface area (Å²) in [5.41, 5.74) is 0.563. The molecule has 3 rings (SSSR count). The molecule has 0 unspecified atom stereocenters. The first-order chi connectivity index (χ1) is 11.1. The Balaban J connectivity index is 2.12. The van der Waals surface area contributed by atoms with E-state index in [1.807, 2.05) is 0 Å². The van der Waals surface area contributed by atoms with Crippen molar-refractivity contribution in [2.75, 3.05) is 13.2 Å². The van der Waals surface area contributed by atoms with Gasteiger partial charge >= 0.3 is 0 Å². The van der Waals surface area contributed by atoms with Crippen molar-refractivity contribution >= 4 is 29.0 Å². The van der Waals surface area contributed by atoms with Gasteiger partial charge in [-0.25, -0.2) is 0 Å². The topological polar surface area (TPSA) is 55.8 Å². The summed E-state index contributed by atoms with van der Waals surface area (Å²) in [6.07, 6.45) is -0.831. The average molecular weight is 353 g/mol. The number of ether oxygens (including phenoxy) is 2. The van der Waals surface area contributed by atoms with E-state index < -0.39 is 11.9 Å². The molecular weight excluding hydrogens is 339 g/mol. The number of carbonyl (C=O) groups excluding carboxylic acids is 1. The standard InChI is InChI=1S/C17H14Cl2O4/c18-12-6-1-4-10-14(20)15(21)11-5-2-7-13(19)17(11)23-9-3-8-22-16(10)12/h1-2,4-7,14,20H,3,8-9H2/t14-/m1/s1. The molecule has 0 aromatic heterocycles. The monoisotopic (exact) mass is 352 g/mol. The van der Waals surface area contributed by atoms with Crippen LogP contribution in [0.3, 0.4) is 0 Å². The molecule has 0 radical (unpaired) electrons. The second-order valence-electron chi connectivity index (χ2n) is 5.09. The SMILES string of the molecule is O=C1c2cccc(Cl)c2OCCCOc2c(Cl)cccc2[C@H]1O. The van der Waals surface area contributed by atoms with Crippen LogP contribution in [0, 0.1) is 0 Å². The molecule has 0 amide bonds. The van der Waals surface area contributed by atoms with Crippen LogP contribution < -0.4 is 9.47 Å². The Labute approximate surface area is 143 Å². The second-order valence-corrected chi connectivity index (χ2v) is 5.91. The molecule has 1 heterocycles. The number of aliphatic hydroxyl groups excluding tert-OH is 1. The molecule has 0 saturated carbocycles. The Morgan fingerprint density at radius 2 is 1.57 bits per heavy atom. The summed E-state index contributed by atoms with van der Waals surface area (Å²) in [4.78, 5) is 12.7. The van der Waals surface area contributed by atoms with E-state index in [0.29, 0.717) is 41.0 Å². The van der Waals surface area contributed by atoms with Crippen molar-refractivity contribution in [2.24, 2.45) is 0 Å². The van der Waals surface area contributed by atoms with Crippen LogP contribution >= 0.6 is 23.2 Å². The number of ketones is 1. The lowest BCUT2D eigenvalue weighted by molar-refractivity contribution is 0.0739. The molecule has 1 N–H and O–H groups in total. The van der Waals surface area contributed by atoms with Gasteiger partial charge in [0.1, 0.15) is 17.6 Å². The number of aliphatic hydroxyl groups is 1. The van der Waals surface area contributed by atoms with Gasteiger partial charge in [-0.1, -0.05) is 41.4 Å². The third kappa shape index (κ3) is 3.15. The molecule has 1 atom stereocenters. The van der Waals surface area contributed by atoms with Crippen LogP contribution in [0.2, 0.25) is 10.0 Å². The Bertz CT molecular complexity index is 745. The van der Waals surface area contributed by atoms with Gasteiger partial charge in [0, 0.05) is 12.0 Å². The van der Waals surface area contributed by atoms with Gasteiger partial charge in [-0.2, -0.15) is 0 Å². The van der Waals surface area contributed by atoms with Gasteiger partial charge in [-0.3, -0.25) is 4.79 Å². The average Bonchev–Trinajstić information content (AvgIpc) is 2.57. The van der Waals surface area contributed by atoms with E-state index >= 15 is 0 Å². The first-order valence-electron chi connectivity index (χ1n) is 7.14. The number of Topliss-reactive ketones (excluding diaryl/α,β-unsaturated/α-hetero) is 1. The summed E-state index contributed by atoms with van der Waals surface area (Å²) in [5.74, 6) is 0.0840. The summed E-state index contributed by atoms with van der Waals surface area (Å²) in [6.45, 7) is 0.678. The molecule has 0 aliphatic carbocycles. The number of hydrogen-bond acceptors (Lipinski definition) is 4. The minimum Gasteiger partial charge on any atom is -0.491 e. The number of hydrogen-bond donors (Lipinski definition) is 1. The molecule has 2 aromatic rings. The molecule has 0 saturated heterocycles. The number of fused-ring (bicyclic) bond motifs is 2. The maximum Gasteiger partial charge on any atom is 0.199 e. The predicted octanol–water partition coefficient (Wildman–Crippen LogP) is 4.07. The van der Waals surface area contributed by atoms with Crippen molar-refractivity contribution in [1.29, 1.82) is 0 Å². The van der Waals surface area contributed by atoms with Crippen molar-refractivity contribution in [1.82, 2.24) is 0 Å². The number of rotatable bonds is 0. The largest absolute Gasteiger partial charge is 0.491 e. The fourth-order valence-electron chi connectivity index (χ4n) is 2.44. The number of benzene rings is 2. The number of para-hydroxylation sites is 2. The Kier molecular flexibility index (Phi) is 4.76. The predicted molar refractivity (Wildman–Crippen MR) is 87.8 cm³/mol. The Morgan fingerprint density at radius 3 is 2.30 bits per heavy atom. The van der Waals surface area contributed by atoms with Gasteiger partial charge < -0.3 is 14.6 Å². The molecule has 23 heavy (non-hydrogen) atoms. The van der Waals surface area contributed by atoms with E-state index in [0.717, 1.165) is 0 Å². The van der Waals surface area contributed by atoms with Gasteiger partial charge in [0.05, 0.1) is 28.8 Å². The maximum atomic E-state index is 12.7. The van der Waals surface area contributed by atoms with Crippen LogP contribution in [0.5, 0.6) is 11.5 Å². The van der Waals surface area contributed by atoms with Crippen LogP contribution in [0.1, 0.15) is 28.4 Å². The molecule has 0 spiro atoms. The normalized spacial score (nSPS) is 18.0. The van der Waals surface area contributed by atoms with Gasteiger partial charge in [0.15, 0.2) is 5.78 Å². The Hall–Kier alpha value is -1.75. The zero-order valence-electron chi connectivity index (χ0n) is 12.1. The highest BCUT2D eigenvalue weighted by Gasteiger charge is 2.27. The Morgan fingerprint density at radius 1 is 0.957 bits per heavy atom. The number of carbonyl (C=O) groups is 1. The highest BCUT2D eigenvalue weighted by Crippen LogP contribution is 2.37. The fraction of sp³-hybridized carbons (Fsp3) is 0.235. The molecule has 0 bridgehead atoms. The molecular formula is C17H14Cl2O4. The third-order valence-corrected chi connectivity index (χ3v) is 4.15. The van der Waals surface area contributed by atoms with Crippen molar-refractivity contribution in [3.63, 3.8) is 0 Å². The minimum absolute atomic E-state index is 0.234. The van der Waals surface area contributed by atoms with Crippen LogP contribution in [0.25, 0.3) is 0 Å². The van der Waals surface area contributed by atoms with Gasteiger partial charge in [-0.15, -0.1) is 0 Å². The zero-order chi connectivity index (χ0) is 16.4. The zero-order valence-corrected chi connectivity index (χ0v) is 13.6. The lowest BCUT2D eigenvalue weighted by Crippen LogP contribution is -2.14. The summed E-state index contributed by atoms with van der Waals surface area (Å²) >= 11 is 12.3. The maximum absolute atomic E-state index is 12.7. The molecule has 1 aliphatic rings. The van der Waals surface area contributed by atoms with Crippen molar-refractivity contribution in [2.45, 2.75) is 12.5 Å². The van der Waals surface area contributed by atoms with E-state index in [1.165, 1.54) is 0 Å². The molecule has 4 nitrogen and oxygen atoms in total. The van der Waals surface area contributed by atoms with E-state index in [9.17, 15) is 9.90 Å². The lowest BCUT2D eigenvalue weighted by atomic mass is 9.98. The summed E-state index contributed by atoms with van der Waals surface area (Å²) in [7, 11) is 0. The quantitative estimate of drug-likeness (QED) is 0.776. The molecule has 2 aromatic carbocycles. The van der Waals surface area contributed by atoms with E-state index in [-0.39, 0.29) is 11.3 Å². The van der Waals surface area contributed by atoms with Crippen LogP contribution in [0.15, 0.2) is 36.4 Å². The van der Waals surface area contributed by atoms with Crippen LogP contribution in [-0.4, -0.2) is 24.1 Å². The van der Waals surface area contributed by atoms with Crippen molar-refractivity contribution < 1.29 is 19.4 Å². The van der Waals surface area contributed by atoms with Crippen molar-refractivity contribution in [3.8, 4) is 11.5 Å². The van der Waals surface area contributed by atoms with Crippen LogP contribution in [-0.2, 0) is 0 Å². The van der Waals surface area contributed by atoms with E-state index in [1.54, 1.807) is 36.4 Å². The second kappa shape index (κ2) is 6.79. The first-order valence-corrected chi connectivity index (χ1v) is 7.90. The summed E-state index contributed by atoms with van der Waals surface area (Å²) in [5, 5.41) is 11.2. The smallest absolute Gasteiger partial charge is 0.199 e. The highest BCUT2D eigenvalue weighted by molar-refractivity contribution is 6.33. The van der Waals surface area contributed by atoms with E-state index in [2.05, 4.69) is 0 Å². The molecule has 6 heteroatoms. The van der Waals surface area contributed by atoms with Crippen molar-refractivity contribution in [3.05, 3.63) is 57.6 Å². The van der Waals surface area contributed by atoms with Gasteiger partial charge in [-0.05, 0) is 18.2 Å². The van der Waals surface area contributed by atoms with Gasteiger partial charge in [0.25, 0.3) is 0 Å².